The maximum absolute atomic E-state index is 11.7. The van der Waals surface area contributed by atoms with E-state index in [0.29, 0.717) is 0 Å². The van der Waals surface area contributed by atoms with Gasteiger partial charge in [0.2, 0.25) is 10.0 Å². The standard InChI is InChI=1S/C10H14ClNO2S/c1-8-3-4-10(7-9(8)2)15(13,14)12-6-5-11/h3-4,7,12H,5-6H2,1-2H3. The molecule has 0 aliphatic rings. The van der Waals surface area contributed by atoms with Crippen molar-refractivity contribution in [1.29, 1.82) is 0 Å². The lowest BCUT2D eigenvalue weighted by atomic mass is 10.1. The van der Waals surface area contributed by atoms with Crippen molar-refractivity contribution in [1.82, 2.24) is 4.72 Å². The van der Waals surface area contributed by atoms with Crippen LogP contribution in [-0.4, -0.2) is 20.8 Å². The van der Waals surface area contributed by atoms with Crippen LogP contribution in [0.4, 0.5) is 0 Å². The van der Waals surface area contributed by atoms with Crippen LogP contribution in [0.15, 0.2) is 23.1 Å². The molecule has 3 nitrogen and oxygen atoms in total. The molecule has 0 amide bonds. The van der Waals surface area contributed by atoms with Crippen LogP contribution in [0.1, 0.15) is 11.1 Å². The molecule has 1 aromatic carbocycles. The van der Waals surface area contributed by atoms with E-state index in [-0.39, 0.29) is 17.3 Å². The smallest absolute Gasteiger partial charge is 0.210 e. The molecule has 0 saturated carbocycles. The van der Waals surface area contributed by atoms with E-state index in [9.17, 15) is 8.42 Å². The van der Waals surface area contributed by atoms with Crippen molar-refractivity contribution in [2.24, 2.45) is 0 Å². The normalized spacial score (nSPS) is 11.7. The lowest BCUT2D eigenvalue weighted by Crippen LogP contribution is -2.25. The Kier molecular flexibility index (Phi) is 4.13. The molecule has 1 rings (SSSR count). The van der Waals surface area contributed by atoms with Gasteiger partial charge in [-0.1, -0.05) is 6.07 Å². The van der Waals surface area contributed by atoms with Gasteiger partial charge in [-0.3, -0.25) is 0 Å². The van der Waals surface area contributed by atoms with E-state index in [4.69, 9.17) is 11.6 Å². The second-order valence-corrected chi connectivity index (χ2v) is 5.48. The highest BCUT2D eigenvalue weighted by Crippen LogP contribution is 2.14. The van der Waals surface area contributed by atoms with Crippen molar-refractivity contribution in [2.75, 3.05) is 12.4 Å². The average Bonchev–Trinajstić information content (AvgIpc) is 2.19. The Morgan fingerprint density at radius 1 is 1.27 bits per heavy atom. The summed E-state index contributed by atoms with van der Waals surface area (Å²) in [4.78, 5) is 0.288. The quantitative estimate of drug-likeness (QED) is 0.825. The maximum atomic E-state index is 11.7. The zero-order valence-electron chi connectivity index (χ0n) is 8.75. The van der Waals surface area contributed by atoms with E-state index in [0.717, 1.165) is 11.1 Å². The summed E-state index contributed by atoms with van der Waals surface area (Å²) >= 11 is 5.42. The number of hydrogen-bond donors (Lipinski definition) is 1. The molecule has 0 fully saturated rings. The number of aryl methyl sites for hydroxylation is 2. The highest BCUT2D eigenvalue weighted by atomic mass is 35.5. The summed E-state index contributed by atoms with van der Waals surface area (Å²) in [6.45, 7) is 4.07. The fourth-order valence-corrected chi connectivity index (χ4v) is 2.46. The van der Waals surface area contributed by atoms with Crippen molar-refractivity contribution < 1.29 is 8.42 Å². The van der Waals surface area contributed by atoms with Crippen LogP contribution < -0.4 is 4.72 Å². The van der Waals surface area contributed by atoms with Gasteiger partial charge < -0.3 is 0 Å². The fourth-order valence-electron chi connectivity index (χ4n) is 1.14. The Balaban J connectivity index is 3.00. The molecule has 0 saturated heterocycles. The van der Waals surface area contributed by atoms with E-state index in [1.165, 1.54) is 0 Å². The summed E-state index contributed by atoms with van der Waals surface area (Å²) in [6, 6.07) is 5.05. The minimum Gasteiger partial charge on any atom is -0.210 e. The minimum atomic E-state index is -3.40. The van der Waals surface area contributed by atoms with Crippen LogP contribution in [0.3, 0.4) is 0 Å². The Labute approximate surface area is 95.5 Å². The first-order valence-corrected chi connectivity index (χ1v) is 6.62. The molecule has 84 valence electrons. The number of benzene rings is 1. The average molecular weight is 248 g/mol. The van der Waals surface area contributed by atoms with Gasteiger partial charge in [-0.05, 0) is 37.1 Å². The van der Waals surface area contributed by atoms with E-state index in [1.54, 1.807) is 18.2 Å². The van der Waals surface area contributed by atoms with Crippen molar-refractivity contribution in [3.8, 4) is 0 Å². The zero-order valence-corrected chi connectivity index (χ0v) is 10.3. The number of sulfonamides is 1. The zero-order chi connectivity index (χ0) is 11.5. The van der Waals surface area contributed by atoms with Crippen molar-refractivity contribution in [2.45, 2.75) is 18.7 Å². The Hall–Kier alpha value is -0.580. The number of hydrogen-bond acceptors (Lipinski definition) is 2. The monoisotopic (exact) mass is 247 g/mol. The minimum absolute atomic E-state index is 0.247. The van der Waals surface area contributed by atoms with Gasteiger partial charge in [0.1, 0.15) is 0 Å². The maximum Gasteiger partial charge on any atom is 0.240 e. The lowest BCUT2D eigenvalue weighted by molar-refractivity contribution is 0.584. The third kappa shape index (κ3) is 3.19. The molecule has 0 unspecified atom stereocenters. The number of halogens is 1. The van der Waals surface area contributed by atoms with Crippen molar-refractivity contribution in [3.63, 3.8) is 0 Å². The van der Waals surface area contributed by atoms with Gasteiger partial charge >= 0.3 is 0 Å². The molecule has 1 aromatic rings. The SMILES string of the molecule is Cc1ccc(S(=O)(=O)NCCCl)cc1C. The molecule has 0 aliphatic heterocycles. The molecule has 0 aliphatic carbocycles. The molecule has 0 spiro atoms. The van der Waals surface area contributed by atoms with Crippen molar-refractivity contribution in [3.05, 3.63) is 29.3 Å². The fraction of sp³-hybridized carbons (Fsp3) is 0.400. The van der Waals surface area contributed by atoms with E-state index >= 15 is 0 Å². The van der Waals surface area contributed by atoms with Gasteiger partial charge in [-0.25, -0.2) is 13.1 Å². The molecule has 0 bridgehead atoms. The predicted octanol–water partition coefficient (Wildman–Crippen LogP) is 1.82. The van der Waals surface area contributed by atoms with Gasteiger partial charge in [-0.15, -0.1) is 11.6 Å². The van der Waals surface area contributed by atoms with Gasteiger partial charge in [0.05, 0.1) is 4.90 Å². The summed E-state index contributed by atoms with van der Waals surface area (Å²) in [6.07, 6.45) is 0. The first kappa shape index (κ1) is 12.5. The molecular weight excluding hydrogens is 234 g/mol. The Morgan fingerprint density at radius 2 is 1.93 bits per heavy atom. The molecule has 15 heavy (non-hydrogen) atoms. The van der Waals surface area contributed by atoms with Crippen LogP contribution in [-0.2, 0) is 10.0 Å². The molecule has 0 radical (unpaired) electrons. The number of alkyl halides is 1. The summed E-state index contributed by atoms with van der Waals surface area (Å²) in [5.41, 5.74) is 2.04. The summed E-state index contributed by atoms with van der Waals surface area (Å²) in [5.74, 6) is 0.268. The first-order chi connectivity index (χ1) is 6.97. The van der Waals surface area contributed by atoms with Gasteiger partial charge in [0.25, 0.3) is 0 Å². The van der Waals surface area contributed by atoms with E-state index in [2.05, 4.69) is 4.72 Å². The molecule has 5 heteroatoms. The van der Waals surface area contributed by atoms with Gasteiger partial charge in [0.15, 0.2) is 0 Å². The van der Waals surface area contributed by atoms with Crippen molar-refractivity contribution >= 4 is 21.6 Å². The molecule has 0 heterocycles. The highest BCUT2D eigenvalue weighted by Gasteiger charge is 2.13. The van der Waals surface area contributed by atoms with Gasteiger partial charge in [0, 0.05) is 12.4 Å². The van der Waals surface area contributed by atoms with Crippen LogP contribution in [0.5, 0.6) is 0 Å². The predicted molar refractivity (Wildman–Crippen MR) is 61.8 cm³/mol. The second-order valence-electron chi connectivity index (χ2n) is 3.33. The Bertz CT molecular complexity index is 443. The van der Waals surface area contributed by atoms with E-state index in [1.807, 2.05) is 13.8 Å². The van der Waals surface area contributed by atoms with Crippen LogP contribution in [0, 0.1) is 13.8 Å². The van der Waals surface area contributed by atoms with E-state index < -0.39 is 10.0 Å². The third-order valence-electron chi connectivity index (χ3n) is 2.18. The first-order valence-electron chi connectivity index (χ1n) is 4.60. The van der Waals surface area contributed by atoms with Crippen LogP contribution in [0.2, 0.25) is 0 Å². The summed E-state index contributed by atoms with van der Waals surface area (Å²) < 4.78 is 25.8. The molecular formula is C10H14ClNO2S. The number of rotatable bonds is 4. The summed E-state index contributed by atoms with van der Waals surface area (Å²) in [5, 5.41) is 0. The number of nitrogens with one attached hydrogen (secondary N) is 1. The Morgan fingerprint density at radius 3 is 2.47 bits per heavy atom. The summed E-state index contributed by atoms with van der Waals surface area (Å²) in [7, 11) is -3.40. The van der Waals surface area contributed by atoms with Crippen LogP contribution >= 0.6 is 11.6 Å². The largest absolute Gasteiger partial charge is 0.240 e. The molecule has 0 aromatic heterocycles. The lowest BCUT2D eigenvalue weighted by Gasteiger charge is -2.07. The highest BCUT2D eigenvalue weighted by molar-refractivity contribution is 7.89. The second kappa shape index (κ2) is 4.96. The van der Waals surface area contributed by atoms with Gasteiger partial charge in [-0.2, -0.15) is 0 Å². The molecule has 0 atom stereocenters. The molecule has 1 N–H and O–H groups in total. The third-order valence-corrected chi connectivity index (χ3v) is 3.82. The topological polar surface area (TPSA) is 46.2 Å². The van der Waals surface area contributed by atoms with Crippen LogP contribution in [0.25, 0.3) is 0 Å².